The number of hydrogen-bond acceptors (Lipinski definition) is 4. The van der Waals surface area contributed by atoms with Crippen LogP contribution in [0.1, 0.15) is 12.8 Å². The van der Waals surface area contributed by atoms with Gasteiger partial charge in [0.2, 0.25) is 15.9 Å². The molecular formula is C19H19ClF2N2O3S2. The van der Waals surface area contributed by atoms with Crippen molar-refractivity contribution in [2.24, 2.45) is 5.92 Å². The molecule has 2 aromatic rings. The van der Waals surface area contributed by atoms with Crippen molar-refractivity contribution >= 4 is 45.0 Å². The predicted molar refractivity (Wildman–Crippen MR) is 110 cm³/mol. The lowest BCUT2D eigenvalue weighted by Gasteiger charge is -2.30. The van der Waals surface area contributed by atoms with Gasteiger partial charge in [-0.2, -0.15) is 13.1 Å². The van der Waals surface area contributed by atoms with Gasteiger partial charge >= 0.3 is 0 Å². The highest BCUT2D eigenvalue weighted by molar-refractivity contribution is 7.99. The largest absolute Gasteiger partial charge is 0.326 e. The number of piperidine rings is 1. The SMILES string of the molecule is O=C(Nc1ccc(SC(F)F)cc1)C1CCN(S(=O)(=O)c2ccc(Cl)cc2)CC1. The van der Waals surface area contributed by atoms with E-state index in [2.05, 4.69) is 5.32 Å². The van der Waals surface area contributed by atoms with E-state index in [1.807, 2.05) is 0 Å². The molecule has 1 aliphatic heterocycles. The number of sulfonamides is 1. The Morgan fingerprint density at radius 2 is 1.66 bits per heavy atom. The normalized spacial score (nSPS) is 16.1. The van der Waals surface area contributed by atoms with Gasteiger partial charge in [0.15, 0.2) is 0 Å². The number of alkyl halides is 2. The third kappa shape index (κ3) is 5.69. The van der Waals surface area contributed by atoms with Gasteiger partial charge in [0.05, 0.1) is 4.90 Å². The Hall–Kier alpha value is -1.68. The molecule has 0 spiro atoms. The first-order chi connectivity index (χ1) is 13.8. The van der Waals surface area contributed by atoms with Crippen molar-refractivity contribution in [2.45, 2.75) is 28.4 Å². The van der Waals surface area contributed by atoms with Gasteiger partial charge in [-0.1, -0.05) is 23.4 Å². The second-order valence-electron chi connectivity index (χ2n) is 6.52. The highest BCUT2D eigenvalue weighted by Gasteiger charge is 2.32. The van der Waals surface area contributed by atoms with Gasteiger partial charge in [-0.15, -0.1) is 0 Å². The van der Waals surface area contributed by atoms with Gasteiger partial charge in [-0.25, -0.2) is 8.42 Å². The molecule has 0 unspecified atom stereocenters. The summed E-state index contributed by atoms with van der Waals surface area (Å²) in [4.78, 5) is 13.1. The van der Waals surface area contributed by atoms with Crippen LogP contribution in [0.2, 0.25) is 5.02 Å². The molecule has 1 aliphatic rings. The van der Waals surface area contributed by atoms with Crippen LogP contribution in [0.5, 0.6) is 0 Å². The van der Waals surface area contributed by atoms with E-state index in [9.17, 15) is 22.0 Å². The van der Waals surface area contributed by atoms with E-state index in [-0.39, 0.29) is 29.8 Å². The molecule has 29 heavy (non-hydrogen) atoms. The minimum atomic E-state index is -3.62. The molecule has 3 rings (SSSR count). The Morgan fingerprint density at radius 3 is 2.21 bits per heavy atom. The van der Waals surface area contributed by atoms with Crippen LogP contribution in [-0.2, 0) is 14.8 Å². The number of halogens is 3. The molecule has 1 saturated heterocycles. The Labute approximate surface area is 177 Å². The van der Waals surface area contributed by atoms with Crippen molar-refractivity contribution in [2.75, 3.05) is 18.4 Å². The average molecular weight is 461 g/mol. The summed E-state index contributed by atoms with van der Waals surface area (Å²) in [5.74, 6) is -3.02. The number of amides is 1. The summed E-state index contributed by atoms with van der Waals surface area (Å²) in [6, 6.07) is 12.2. The molecular weight excluding hydrogens is 442 g/mol. The molecule has 0 aliphatic carbocycles. The predicted octanol–water partition coefficient (Wildman–Crippen LogP) is 4.69. The van der Waals surface area contributed by atoms with E-state index in [1.165, 1.54) is 40.7 Å². The molecule has 1 N–H and O–H groups in total. The van der Waals surface area contributed by atoms with Crippen LogP contribution in [0, 0.1) is 5.92 Å². The average Bonchev–Trinajstić information content (AvgIpc) is 2.69. The van der Waals surface area contributed by atoms with Crippen LogP contribution < -0.4 is 5.32 Å². The molecule has 0 aromatic heterocycles. The smallest absolute Gasteiger partial charge is 0.288 e. The first kappa shape index (κ1) is 22.0. The molecule has 10 heteroatoms. The summed E-state index contributed by atoms with van der Waals surface area (Å²) in [6.45, 7) is 0.486. The highest BCUT2D eigenvalue weighted by Crippen LogP contribution is 2.28. The number of nitrogens with one attached hydrogen (secondary N) is 1. The zero-order chi connectivity index (χ0) is 21.0. The van der Waals surface area contributed by atoms with E-state index in [0.717, 1.165) is 0 Å². The number of carbonyl (C=O) groups is 1. The van der Waals surface area contributed by atoms with Crippen LogP contribution >= 0.6 is 23.4 Å². The summed E-state index contributed by atoms with van der Waals surface area (Å²) in [7, 11) is -3.62. The number of nitrogens with zero attached hydrogens (tertiary/aromatic N) is 1. The summed E-state index contributed by atoms with van der Waals surface area (Å²) in [5.41, 5.74) is 0.518. The lowest BCUT2D eigenvalue weighted by Crippen LogP contribution is -2.41. The summed E-state index contributed by atoms with van der Waals surface area (Å²) in [6.07, 6.45) is 0.802. The van der Waals surface area contributed by atoms with E-state index in [0.29, 0.717) is 40.2 Å². The Balaban J connectivity index is 1.56. The van der Waals surface area contributed by atoms with Gasteiger partial charge in [0.25, 0.3) is 5.76 Å². The number of benzene rings is 2. The van der Waals surface area contributed by atoms with E-state index < -0.39 is 15.8 Å². The Morgan fingerprint density at radius 1 is 1.07 bits per heavy atom. The second kappa shape index (κ2) is 9.42. The standard InChI is InChI=1S/C19H19ClF2N2O3S2/c20-14-1-7-17(8-2-14)29(26,27)24-11-9-13(10-12-24)18(25)23-15-3-5-16(6-4-15)28-19(21)22/h1-8,13,19H,9-12H2,(H,23,25). The molecule has 0 bridgehead atoms. The van der Waals surface area contributed by atoms with E-state index in [1.54, 1.807) is 12.1 Å². The minimum Gasteiger partial charge on any atom is -0.326 e. The molecule has 2 aromatic carbocycles. The summed E-state index contributed by atoms with van der Waals surface area (Å²) in [5, 5.41) is 3.22. The fourth-order valence-corrected chi connectivity index (χ4v) is 5.17. The van der Waals surface area contributed by atoms with Crippen LogP contribution in [0.15, 0.2) is 58.3 Å². The fraction of sp³-hybridized carbons (Fsp3) is 0.316. The zero-order valence-corrected chi connectivity index (χ0v) is 17.6. The maximum Gasteiger partial charge on any atom is 0.288 e. The number of thioether (sulfide) groups is 1. The molecule has 0 radical (unpaired) electrons. The topological polar surface area (TPSA) is 66.5 Å². The number of hydrogen-bond donors (Lipinski definition) is 1. The lowest BCUT2D eigenvalue weighted by atomic mass is 9.97. The van der Waals surface area contributed by atoms with Crippen molar-refractivity contribution in [1.82, 2.24) is 4.31 Å². The second-order valence-corrected chi connectivity index (χ2v) is 9.96. The third-order valence-corrected chi connectivity index (χ3v) is 7.51. The van der Waals surface area contributed by atoms with Crippen molar-refractivity contribution in [1.29, 1.82) is 0 Å². The van der Waals surface area contributed by atoms with Crippen LogP contribution in [0.4, 0.5) is 14.5 Å². The van der Waals surface area contributed by atoms with Gasteiger partial charge in [-0.05, 0) is 61.4 Å². The monoisotopic (exact) mass is 460 g/mol. The van der Waals surface area contributed by atoms with Gasteiger partial charge < -0.3 is 5.32 Å². The molecule has 1 amide bonds. The van der Waals surface area contributed by atoms with Crippen LogP contribution in [0.3, 0.4) is 0 Å². The number of anilines is 1. The number of carbonyl (C=O) groups excluding carboxylic acids is 1. The zero-order valence-electron chi connectivity index (χ0n) is 15.2. The quantitative estimate of drug-likeness (QED) is 0.635. The van der Waals surface area contributed by atoms with E-state index in [4.69, 9.17) is 11.6 Å². The fourth-order valence-electron chi connectivity index (χ4n) is 3.08. The highest BCUT2D eigenvalue weighted by atomic mass is 35.5. The first-order valence-electron chi connectivity index (χ1n) is 8.87. The molecule has 156 valence electrons. The van der Waals surface area contributed by atoms with Crippen LogP contribution in [-0.4, -0.2) is 37.5 Å². The first-order valence-corrected chi connectivity index (χ1v) is 11.6. The van der Waals surface area contributed by atoms with Crippen molar-refractivity contribution in [3.63, 3.8) is 0 Å². The molecule has 1 heterocycles. The van der Waals surface area contributed by atoms with E-state index >= 15 is 0 Å². The summed E-state index contributed by atoms with van der Waals surface area (Å²) >= 11 is 6.25. The Kier molecular flexibility index (Phi) is 7.15. The Bertz CT molecular complexity index is 946. The third-order valence-electron chi connectivity index (χ3n) is 4.62. The molecule has 5 nitrogen and oxygen atoms in total. The lowest BCUT2D eigenvalue weighted by molar-refractivity contribution is -0.120. The van der Waals surface area contributed by atoms with Gasteiger partial charge in [-0.3, -0.25) is 4.79 Å². The van der Waals surface area contributed by atoms with Gasteiger partial charge in [0, 0.05) is 34.6 Å². The molecule has 0 atom stereocenters. The van der Waals surface area contributed by atoms with Gasteiger partial charge in [0.1, 0.15) is 0 Å². The van der Waals surface area contributed by atoms with Crippen molar-refractivity contribution in [3.8, 4) is 0 Å². The number of rotatable bonds is 6. The maximum atomic E-state index is 12.7. The minimum absolute atomic E-state index is 0.173. The molecule has 0 saturated carbocycles. The molecule has 1 fully saturated rings. The summed E-state index contributed by atoms with van der Waals surface area (Å²) < 4.78 is 51.5. The van der Waals surface area contributed by atoms with Crippen molar-refractivity contribution in [3.05, 3.63) is 53.6 Å². The van der Waals surface area contributed by atoms with Crippen LogP contribution in [0.25, 0.3) is 0 Å². The maximum absolute atomic E-state index is 12.7. The van der Waals surface area contributed by atoms with Crippen molar-refractivity contribution < 1.29 is 22.0 Å².